The first-order chi connectivity index (χ1) is 14.7. The Morgan fingerprint density at radius 2 is 1.71 bits per heavy atom. The molecule has 0 atom stereocenters. The van der Waals surface area contributed by atoms with Crippen LogP contribution < -0.4 is 15.4 Å². The quantitative estimate of drug-likeness (QED) is 0.772. The smallest absolute Gasteiger partial charge is 0.317 e. The number of piperazine rings is 1. The normalized spacial score (nSPS) is 14.3. The van der Waals surface area contributed by atoms with Crippen LogP contribution in [0.3, 0.4) is 0 Å². The Kier molecular flexibility index (Phi) is 6.62. The Morgan fingerprint density at radius 3 is 2.35 bits per heavy atom. The van der Waals surface area contributed by atoms with Crippen molar-refractivity contribution in [3.63, 3.8) is 0 Å². The van der Waals surface area contributed by atoms with E-state index >= 15 is 0 Å². The number of para-hydroxylation sites is 1. The average Bonchev–Trinajstić information content (AvgIpc) is 2.75. The molecule has 1 aliphatic heterocycles. The first kappa shape index (κ1) is 22.3. The zero-order valence-electron chi connectivity index (χ0n) is 18.4. The molecular weight excluding hydrogens is 398 g/mol. The van der Waals surface area contributed by atoms with Gasteiger partial charge in [-0.15, -0.1) is 0 Å². The van der Waals surface area contributed by atoms with E-state index in [1.807, 2.05) is 39.0 Å². The molecule has 1 aromatic carbocycles. The van der Waals surface area contributed by atoms with Crippen LogP contribution in [0.15, 0.2) is 30.3 Å². The molecule has 0 aliphatic carbocycles. The lowest BCUT2D eigenvalue weighted by molar-refractivity contribution is -0.131. The Labute approximate surface area is 181 Å². The summed E-state index contributed by atoms with van der Waals surface area (Å²) >= 11 is 0. The van der Waals surface area contributed by atoms with Gasteiger partial charge in [-0.3, -0.25) is 9.59 Å². The number of hydrogen-bond acceptors (Lipinski definition) is 5. The van der Waals surface area contributed by atoms with Crippen LogP contribution in [0.1, 0.15) is 31.3 Å². The van der Waals surface area contributed by atoms with Crippen LogP contribution in [0.25, 0.3) is 10.9 Å². The molecule has 1 aliphatic rings. The predicted octanol–water partition coefficient (Wildman–Crippen LogP) is 1.63. The molecule has 0 spiro atoms. The van der Waals surface area contributed by atoms with Crippen LogP contribution in [0, 0.1) is 0 Å². The van der Waals surface area contributed by atoms with Crippen molar-refractivity contribution in [1.82, 2.24) is 25.4 Å². The highest BCUT2D eigenvalue weighted by Gasteiger charge is 2.26. The molecule has 31 heavy (non-hydrogen) atoms. The number of carbonyl (C=O) groups excluding carboxylic acids is 3. The summed E-state index contributed by atoms with van der Waals surface area (Å²) in [6, 6.07) is 8.81. The van der Waals surface area contributed by atoms with E-state index in [2.05, 4.69) is 15.6 Å². The van der Waals surface area contributed by atoms with Gasteiger partial charge < -0.3 is 25.2 Å². The summed E-state index contributed by atoms with van der Waals surface area (Å²) in [6.45, 7) is 7.39. The maximum atomic E-state index is 12.6. The van der Waals surface area contributed by atoms with Crippen molar-refractivity contribution >= 4 is 28.7 Å². The molecule has 1 saturated heterocycles. The fourth-order valence-electron chi connectivity index (χ4n) is 3.35. The van der Waals surface area contributed by atoms with Crippen LogP contribution in [-0.2, 0) is 4.79 Å². The third kappa shape index (κ3) is 5.62. The molecule has 9 heteroatoms. The van der Waals surface area contributed by atoms with Gasteiger partial charge in [-0.05, 0) is 32.9 Å². The molecule has 9 nitrogen and oxygen atoms in total. The van der Waals surface area contributed by atoms with E-state index < -0.39 is 5.91 Å². The minimum absolute atomic E-state index is 0.135. The Morgan fingerprint density at radius 1 is 1.06 bits per heavy atom. The molecule has 3 rings (SSSR count). The standard InChI is InChI=1S/C22H29N5O4/c1-22(2,3)25-21(30)27-11-9-26(10-12-27)19(28)14-23-20(29)17-13-18(31-4)15-7-5-6-8-16(15)24-17/h5-8,13H,9-12,14H2,1-4H3,(H,23,29)(H,25,30). The lowest BCUT2D eigenvalue weighted by Crippen LogP contribution is -2.56. The highest BCUT2D eigenvalue weighted by atomic mass is 16.5. The topological polar surface area (TPSA) is 104 Å². The monoisotopic (exact) mass is 427 g/mol. The molecule has 0 unspecified atom stereocenters. The van der Waals surface area contributed by atoms with Gasteiger partial charge in [0.2, 0.25) is 5.91 Å². The summed E-state index contributed by atoms with van der Waals surface area (Å²) in [5, 5.41) is 6.37. The van der Waals surface area contributed by atoms with Crippen molar-refractivity contribution in [2.45, 2.75) is 26.3 Å². The molecule has 4 amide bonds. The van der Waals surface area contributed by atoms with Gasteiger partial charge in [-0.1, -0.05) is 12.1 Å². The van der Waals surface area contributed by atoms with Gasteiger partial charge in [0.05, 0.1) is 19.2 Å². The van der Waals surface area contributed by atoms with Crippen molar-refractivity contribution in [3.05, 3.63) is 36.0 Å². The number of methoxy groups -OCH3 is 1. The van der Waals surface area contributed by atoms with Gasteiger partial charge in [-0.25, -0.2) is 9.78 Å². The SMILES string of the molecule is COc1cc(C(=O)NCC(=O)N2CCN(C(=O)NC(C)(C)C)CC2)nc2ccccc12. The molecule has 1 fully saturated rings. The number of rotatable bonds is 4. The third-order valence-corrected chi connectivity index (χ3v) is 4.93. The van der Waals surface area contributed by atoms with Gasteiger partial charge in [0.1, 0.15) is 11.4 Å². The summed E-state index contributed by atoms with van der Waals surface area (Å²) in [7, 11) is 1.54. The number of nitrogens with one attached hydrogen (secondary N) is 2. The zero-order valence-corrected chi connectivity index (χ0v) is 18.4. The molecule has 0 radical (unpaired) electrons. The molecular formula is C22H29N5O4. The van der Waals surface area contributed by atoms with E-state index in [0.29, 0.717) is 37.4 Å². The number of fused-ring (bicyclic) bond motifs is 1. The van der Waals surface area contributed by atoms with Gasteiger partial charge in [0, 0.05) is 43.2 Å². The van der Waals surface area contributed by atoms with Gasteiger partial charge >= 0.3 is 6.03 Å². The number of nitrogens with zero attached hydrogens (tertiary/aromatic N) is 3. The van der Waals surface area contributed by atoms with Crippen molar-refractivity contribution < 1.29 is 19.1 Å². The van der Waals surface area contributed by atoms with E-state index in [0.717, 1.165) is 5.39 Å². The van der Waals surface area contributed by atoms with Crippen LogP contribution in [0.5, 0.6) is 5.75 Å². The lowest BCUT2D eigenvalue weighted by atomic mass is 10.1. The summed E-state index contributed by atoms with van der Waals surface area (Å²) in [4.78, 5) is 45.0. The predicted molar refractivity (Wildman–Crippen MR) is 117 cm³/mol. The number of amides is 4. The Bertz CT molecular complexity index is 978. The minimum atomic E-state index is -0.444. The van der Waals surface area contributed by atoms with E-state index in [9.17, 15) is 14.4 Å². The number of urea groups is 1. The fraction of sp³-hybridized carbons (Fsp3) is 0.455. The number of aromatic nitrogens is 1. The summed E-state index contributed by atoms with van der Waals surface area (Å²) in [5.41, 5.74) is 0.517. The molecule has 2 heterocycles. The molecule has 0 bridgehead atoms. The van der Waals surface area contributed by atoms with Gasteiger partial charge in [0.15, 0.2) is 0 Å². The molecule has 1 aromatic heterocycles. The van der Waals surface area contributed by atoms with E-state index in [1.165, 1.54) is 7.11 Å². The number of ether oxygens (including phenoxy) is 1. The van der Waals surface area contributed by atoms with Crippen molar-refractivity contribution in [2.24, 2.45) is 0 Å². The highest BCUT2D eigenvalue weighted by molar-refractivity contribution is 5.98. The Hall–Kier alpha value is -3.36. The van der Waals surface area contributed by atoms with Crippen LogP contribution in [0.2, 0.25) is 0 Å². The second kappa shape index (κ2) is 9.20. The van der Waals surface area contributed by atoms with Gasteiger partial charge in [0.25, 0.3) is 5.91 Å². The van der Waals surface area contributed by atoms with Crippen molar-refractivity contribution in [2.75, 3.05) is 39.8 Å². The Balaban J connectivity index is 1.54. The van der Waals surface area contributed by atoms with E-state index in [4.69, 9.17) is 4.74 Å². The van der Waals surface area contributed by atoms with Gasteiger partial charge in [-0.2, -0.15) is 0 Å². The second-order valence-corrected chi connectivity index (χ2v) is 8.46. The maximum absolute atomic E-state index is 12.6. The highest BCUT2D eigenvalue weighted by Crippen LogP contribution is 2.24. The average molecular weight is 428 g/mol. The van der Waals surface area contributed by atoms with E-state index in [1.54, 1.807) is 21.9 Å². The second-order valence-electron chi connectivity index (χ2n) is 8.46. The fourth-order valence-corrected chi connectivity index (χ4v) is 3.35. The molecule has 2 aromatic rings. The van der Waals surface area contributed by atoms with E-state index in [-0.39, 0.29) is 29.7 Å². The first-order valence-corrected chi connectivity index (χ1v) is 10.2. The number of benzene rings is 1. The summed E-state index contributed by atoms with van der Waals surface area (Å²) in [6.07, 6.45) is 0. The maximum Gasteiger partial charge on any atom is 0.317 e. The van der Waals surface area contributed by atoms with Crippen LogP contribution in [-0.4, -0.2) is 78.0 Å². The van der Waals surface area contributed by atoms with Crippen molar-refractivity contribution in [3.8, 4) is 5.75 Å². The third-order valence-electron chi connectivity index (χ3n) is 4.93. The van der Waals surface area contributed by atoms with Crippen LogP contribution in [0.4, 0.5) is 4.79 Å². The molecule has 0 saturated carbocycles. The summed E-state index contributed by atoms with van der Waals surface area (Å²) < 4.78 is 5.37. The first-order valence-electron chi connectivity index (χ1n) is 10.2. The van der Waals surface area contributed by atoms with Crippen molar-refractivity contribution in [1.29, 1.82) is 0 Å². The zero-order chi connectivity index (χ0) is 22.6. The molecule has 2 N–H and O–H groups in total. The number of carbonyl (C=O) groups is 3. The largest absolute Gasteiger partial charge is 0.496 e. The molecule has 166 valence electrons. The minimum Gasteiger partial charge on any atom is -0.496 e. The lowest BCUT2D eigenvalue weighted by Gasteiger charge is -2.36. The van der Waals surface area contributed by atoms with Crippen LogP contribution >= 0.6 is 0 Å². The number of hydrogen-bond donors (Lipinski definition) is 2. The number of pyridine rings is 1. The summed E-state index contributed by atoms with van der Waals surface area (Å²) in [5.74, 6) is -0.0932.